The number of esters is 3. The van der Waals surface area contributed by atoms with Gasteiger partial charge in [-0.15, -0.1) is 0 Å². The number of carbonyl (C=O) groups excluding carboxylic acids is 3. The van der Waals surface area contributed by atoms with Crippen LogP contribution in [0.3, 0.4) is 0 Å². The van der Waals surface area contributed by atoms with Gasteiger partial charge >= 0.3 is 17.9 Å². The van der Waals surface area contributed by atoms with Crippen LogP contribution >= 0.6 is 0 Å². The van der Waals surface area contributed by atoms with Gasteiger partial charge in [-0.25, -0.2) is 9.59 Å². The summed E-state index contributed by atoms with van der Waals surface area (Å²) in [6.07, 6.45) is 14.0. The molecule has 230 valence electrons. The first kappa shape index (κ1) is 32.2. The van der Waals surface area contributed by atoms with E-state index in [9.17, 15) is 19.5 Å². The second-order valence-corrected chi connectivity index (χ2v) is 11.9. The first-order chi connectivity index (χ1) is 20.8. The Bertz CT molecular complexity index is 1280. The van der Waals surface area contributed by atoms with E-state index < -0.39 is 18.5 Å². The lowest BCUT2D eigenvalue weighted by molar-refractivity contribution is -0.141. The molecule has 0 saturated heterocycles. The minimum atomic E-state index is -0.800. The fraction of sp³-hybridized carbons (Fsp3) is 0.472. The third-order valence-electron chi connectivity index (χ3n) is 9.04. The Morgan fingerprint density at radius 1 is 0.837 bits per heavy atom. The number of carbonyl (C=O) groups is 3. The average Bonchev–Trinajstić information content (AvgIpc) is 3.04. The third kappa shape index (κ3) is 8.90. The molecule has 2 aliphatic carbocycles. The van der Waals surface area contributed by atoms with Crippen LogP contribution in [-0.4, -0.2) is 29.6 Å². The summed E-state index contributed by atoms with van der Waals surface area (Å²) in [7, 11) is 0. The van der Waals surface area contributed by atoms with Crippen molar-refractivity contribution in [3.63, 3.8) is 0 Å². The fourth-order valence-corrected chi connectivity index (χ4v) is 6.42. The number of hydrogen-bond acceptors (Lipinski definition) is 7. The third-order valence-corrected chi connectivity index (χ3v) is 9.04. The molecule has 7 heteroatoms. The van der Waals surface area contributed by atoms with Crippen LogP contribution < -0.4 is 14.2 Å². The molecule has 7 nitrogen and oxygen atoms in total. The minimum absolute atomic E-state index is 0.0711. The largest absolute Gasteiger partial charge is 0.423 e. The number of aliphatic hydroxyl groups excluding tert-OH is 1. The van der Waals surface area contributed by atoms with Gasteiger partial charge < -0.3 is 19.3 Å². The van der Waals surface area contributed by atoms with Crippen LogP contribution in [-0.2, 0) is 14.4 Å². The number of unbranched alkanes of at least 4 members (excludes halogenated alkanes) is 1. The van der Waals surface area contributed by atoms with Crippen molar-refractivity contribution in [2.75, 3.05) is 6.61 Å². The van der Waals surface area contributed by atoms with E-state index in [-0.39, 0.29) is 29.0 Å². The maximum absolute atomic E-state index is 13.4. The number of rotatable bonds is 12. The van der Waals surface area contributed by atoms with Gasteiger partial charge in [-0.3, -0.25) is 4.79 Å². The van der Waals surface area contributed by atoms with Gasteiger partial charge in [0.25, 0.3) is 0 Å². The Morgan fingerprint density at radius 3 is 2.07 bits per heavy atom. The van der Waals surface area contributed by atoms with Gasteiger partial charge in [-0.05, 0) is 91.7 Å². The van der Waals surface area contributed by atoms with E-state index >= 15 is 0 Å². The van der Waals surface area contributed by atoms with Gasteiger partial charge in [-0.1, -0.05) is 70.4 Å². The van der Waals surface area contributed by atoms with Crippen LogP contribution in [0.4, 0.5) is 0 Å². The summed E-state index contributed by atoms with van der Waals surface area (Å²) in [6.45, 7) is 8.64. The van der Waals surface area contributed by atoms with E-state index in [0.717, 1.165) is 49.2 Å². The molecule has 0 radical (unpaired) electrons. The minimum Gasteiger partial charge on any atom is -0.423 e. The molecule has 2 aromatic carbocycles. The Kier molecular flexibility index (Phi) is 11.7. The highest BCUT2D eigenvalue weighted by molar-refractivity contribution is 5.90. The molecule has 0 amide bonds. The van der Waals surface area contributed by atoms with Crippen molar-refractivity contribution in [2.45, 2.75) is 77.6 Å². The summed E-state index contributed by atoms with van der Waals surface area (Å²) < 4.78 is 16.5. The SMILES string of the molecule is C=CC(=O)Oc1ccc(-c2ccc(OC(=O)C(=C)CO)c(OC(=O)C3CCC(C4CCC(CCCC)CC4)CC3)c2)cc1. The second-order valence-electron chi connectivity index (χ2n) is 11.9. The Labute approximate surface area is 254 Å². The summed E-state index contributed by atoms with van der Waals surface area (Å²) in [4.78, 5) is 37.2. The molecule has 0 aliphatic heterocycles. The Morgan fingerprint density at radius 2 is 1.47 bits per heavy atom. The predicted molar refractivity (Wildman–Crippen MR) is 166 cm³/mol. The van der Waals surface area contributed by atoms with E-state index in [2.05, 4.69) is 20.1 Å². The molecule has 1 N–H and O–H groups in total. The van der Waals surface area contributed by atoms with Gasteiger partial charge in [-0.2, -0.15) is 0 Å². The molecule has 43 heavy (non-hydrogen) atoms. The van der Waals surface area contributed by atoms with Crippen molar-refractivity contribution in [3.05, 3.63) is 67.3 Å². The second kappa shape index (κ2) is 15.7. The molecular formula is C36H44O7. The van der Waals surface area contributed by atoms with Crippen LogP contribution in [0.1, 0.15) is 77.6 Å². The molecule has 2 saturated carbocycles. The van der Waals surface area contributed by atoms with Crippen molar-refractivity contribution >= 4 is 17.9 Å². The van der Waals surface area contributed by atoms with E-state index in [1.165, 1.54) is 44.9 Å². The summed E-state index contributed by atoms with van der Waals surface area (Å²) >= 11 is 0. The quantitative estimate of drug-likeness (QED) is 0.155. The van der Waals surface area contributed by atoms with Crippen LogP contribution in [0.5, 0.6) is 17.2 Å². The van der Waals surface area contributed by atoms with Gasteiger partial charge in [0, 0.05) is 6.08 Å². The topological polar surface area (TPSA) is 99.1 Å². The molecule has 0 aromatic heterocycles. The lowest BCUT2D eigenvalue weighted by Gasteiger charge is -2.37. The first-order valence-corrected chi connectivity index (χ1v) is 15.6. The van der Waals surface area contributed by atoms with Crippen LogP contribution in [0.25, 0.3) is 11.1 Å². The van der Waals surface area contributed by atoms with Crippen LogP contribution in [0.15, 0.2) is 67.3 Å². The zero-order valence-corrected chi connectivity index (χ0v) is 25.2. The van der Waals surface area contributed by atoms with Crippen molar-refractivity contribution in [2.24, 2.45) is 23.7 Å². The summed E-state index contributed by atoms with van der Waals surface area (Å²) in [5.41, 5.74) is 1.38. The molecule has 0 heterocycles. The molecule has 2 aromatic rings. The van der Waals surface area contributed by atoms with Crippen molar-refractivity contribution < 1.29 is 33.7 Å². The van der Waals surface area contributed by atoms with Crippen LogP contribution in [0.2, 0.25) is 0 Å². The molecule has 2 fully saturated rings. The van der Waals surface area contributed by atoms with Gasteiger partial charge in [0.05, 0.1) is 18.1 Å². The highest BCUT2D eigenvalue weighted by Crippen LogP contribution is 2.43. The zero-order valence-electron chi connectivity index (χ0n) is 25.2. The molecule has 0 spiro atoms. The molecule has 0 atom stereocenters. The first-order valence-electron chi connectivity index (χ1n) is 15.6. The predicted octanol–water partition coefficient (Wildman–Crippen LogP) is 7.61. The fourth-order valence-electron chi connectivity index (χ4n) is 6.42. The van der Waals surface area contributed by atoms with E-state index in [0.29, 0.717) is 17.2 Å². The van der Waals surface area contributed by atoms with Gasteiger partial charge in [0.15, 0.2) is 11.5 Å². The molecule has 0 unspecified atom stereocenters. The highest BCUT2D eigenvalue weighted by atomic mass is 16.6. The smallest absolute Gasteiger partial charge is 0.341 e. The maximum atomic E-state index is 13.4. The summed E-state index contributed by atoms with van der Waals surface area (Å²) in [6, 6.07) is 11.8. The lowest BCUT2D eigenvalue weighted by Crippen LogP contribution is -2.30. The molecule has 0 bridgehead atoms. The summed E-state index contributed by atoms with van der Waals surface area (Å²) in [5, 5.41) is 9.29. The highest BCUT2D eigenvalue weighted by Gasteiger charge is 2.34. The lowest BCUT2D eigenvalue weighted by atomic mass is 9.68. The molecule has 2 aliphatic rings. The number of aliphatic hydroxyl groups is 1. The van der Waals surface area contributed by atoms with E-state index in [1.54, 1.807) is 42.5 Å². The Hall–Kier alpha value is -3.71. The van der Waals surface area contributed by atoms with Gasteiger partial charge in [0.1, 0.15) is 5.75 Å². The standard InChI is InChI=1S/C36H44O7/c1-4-6-7-25-8-10-26(11-9-25)27-12-14-29(15-13-27)36(40)43-33-22-30(18-21-32(33)42-35(39)24(3)23-37)28-16-19-31(20-17-28)41-34(38)5-2/h5,16-22,25-27,29,37H,2-4,6-15,23H2,1H3. The van der Waals surface area contributed by atoms with Crippen molar-refractivity contribution in [3.8, 4) is 28.4 Å². The number of ether oxygens (including phenoxy) is 3. The zero-order chi connectivity index (χ0) is 30.8. The maximum Gasteiger partial charge on any atom is 0.341 e. The number of hydrogen-bond donors (Lipinski definition) is 1. The monoisotopic (exact) mass is 588 g/mol. The molecular weight excluding hydrogens is 544 g/mol. The summed E-state index contributed by atoms with van der Waals surface area (Å²) in [5.74, 6) is 1.00. The molecule has 4 rings (SSSR count). The van der Waals surface area contributed by atoms with E-state index in [1.807, 2.05) is 0 Å². The van der Waals surface area contributed by atoms with Gasteiger partial charge in [0.2, 0.25) is 0 Å². The number of benzene rings is 2. The van der Waals surface area contributed by atoms with Crippen molar-refractivity contribution in [1.82, 2.24) is 0 Å². The van der Waals surface area contributed by atoms with Crippen LogP contribution in [0, 0.1) is 23.7 Å². The average molecular weight is 589 g/mol. The normalized spacial score (nSPS) is 21.8. The Balaban J connectivity index is 1.42. The van der Waals surface area contributed by atoms with Crippen molar-refractivity contribution in [1.29, 1.82) is 0 Å². The van der Waals surface area contributed by atoms with E-state index in [4.69, 9.17) is 14.2 Å².